The van der Waals surface area contributed by atoms with Gasteiger partial charge in [-0.1, -0.05) is 19.0 Å². The highest BCUT2D eigenvalue weighted by molar-refractivity contribution is 6.21. The first-order valence-corrected chi connectivity index (χ1v) is 4.62. The molecule has 0 atom stereocenters. The molecule has 0 aliphatic heterocycles. The second-order valence-corrected chi connectivity index (χ2v) is 3.42. The number of rotatable bonds is 3. The molecule has 0 aromatic heterocycles. The van der Waals surface area contributed by atoms with Crippen molar-refractivity contribution in [2.45, 2.75) is 26.7 Å². The van der Waals surface area contributed by atoms with Gasteiger partial charge in [-0.25, -0.2) is 0 Å². The smallest absolute Gasteiger partial charge is 0.0355 e. The van der Waals surface area contributed by atoms with Crippen LogP contribution in [-0.4, -0.2) is 17.3 Å². The van der Waals surface area contributed by atoms with Crippen LogP contribution in [0, 0.1) is 0 Å². The standard InChI is InChI=1S/C7H17NSi/c1-4-6(8-3)7(9)5-2/h8H,4-5H2,1-3,9H3. The van der Waals surface area contributed by atoms with E-state index >= 15 is 0 Å². The summed E-state index contributed by atoms with van der Waals surface area (Å²) < 4.78 is 0. The third-order valence-corrected chi connectivity index (χ3v) is 3.01. The Bertz CT molecular complexity index is 101. The van der Waals surface area contributed by atoms with Gasteiger partial charge in [0.15, 0.2) is 0 Å². The van der Waals surface area contributed by atoms with Gasteiger partial charge in [0.1, 0.15) is 0 Å². The predicted octanol–water partition coefficient (Wildman–Crippen LogP) is 0.603. The maximum Gasteiger partial charge on any atom is 0.0355 e. The van der Waals surface area contributed by atoms with Crippen LogP contribution in [0.5, 0.6) is 0 Å². The molecule has 0 amide bonds. The van der Waals surface area contributed by atoms with E-state index in [4.69, 9.17) is 0 Å². The topological polar surface area (TPSA) is 12.0 Å². The van der Waals surface area contributed by atoms with Gasteiger partial charge in [-0.05, 0) is 12.8 Å². The largest absolute Gasteiger partial charge is 0.392 e. The van der Waals surface area contributed by atoms with Crippen molar-refractivity contribution in [1.29, 1.82) is 0 Å². The number of nitrogens with one attached hydrogen (secondary N) is 1. The van der Waals surface area contributed by atoms with Crippen LogP contribution < -0.4 is 5.32 Å². The molecule has 0 aliphatic carbocycles. The summed E-state index contributed by atoms with van der Waals surface area (Å²) in [6.07, 6.45) is 2.37. The first kappa shape index (κ1) is 8.76. The zero-order valence-corrected chi connectivity index (χ0v) is 8.91. The second-order valence-electron chi connectivity index (χ2n) is 2.22. The quantitative estimate of drug-likeness (QED) is 0.571. The fraction of sp³-hybridized carbons (Fsp3) is 0.714. The molecule has 0 aliphatic rings. The van der Waals surface area contributed by atoms with E-state index in [2.05, 4.69) is 19.2 Å². The number of allylic oxidation sites excluding steroid dienone is 2. The molecule has 0 spiro atoms. The van der Waals surface area contributed by atoms with Crippen LogP contribution in [0.15, 0.2) is 10.9 Å². The normalized spacial score (nSPS) is 13.2. The number of hydrogen-bond donors (Lipinski definition) is 1. The SMILES string of the molecule is CCC([SiH3])=C(CC)NC. The average Bonchev–Trinajstić information content (AvgIpc) is 1.90. The Morgan fingerprint density at radius 2 is 1.89 bits per heavy atom. The first-order valence-electron chi connectivity index (χ1n) is 3.62. The maximum atomic E-state index is 3.22. The molecule has 0 fully saturated rings. The third kappa shape index (κ3) is 2.70. The molecule has 2 heteroatoms. The summed E-state index contributed by atoms with van der Waals surface area (Å²) in [7, 11) is 3.22. The average molecular weight is 143 g/mol. The van der Waals surface area contributed by atoms with Crippen molar-refractivity contribution < 1.29 is 0 Å². The maximum absolute atomic E-state index is 3.22. The molecule has 0 aromatic rings. The van der Waals surface area contributed by atoms with Gasteiger partial charge in [0.05, 0.1) is 0 Å². The highest BCUT2D eigenvalue weighted by atomic mass is 28.1. The van der Waals surface area contributed by atoms with Crippen molar-refractivity contribution in [3.05, 3.63) is 10.9 Å². The fourth-order valence-electron chi connectivity index (χ4n) is 0.905. The van der Waals surface area contributed by atoms with E-state index in [1.165, 1.54) is 22.4 Å². The van der Waals surface area contributed by atoms with Gasteiger partial charge < -0.3 is 5.32 Å². The Kier molecular flexibility index (Phi) is 4.49. The van der Waals surface area contributed by atoms with Crippen molar-refractivity contribution >= 4 is 10.2 Å². The summed E-state index contributed by atoms with van der Waals surface area (Å²) in [6.45, 7) is 4.41. The Morgan fingerprint density at radius 3 is 2.00 bits per heavy atom. The molecule has 0 rings (SSSR count). The monoisotopic (exact) mass is 143 g/mol. The van der Waals surface area contributed by atoms with E-state index in [-0.39, 0.29) is 0 Å². The van der Waals surface area contributed by atoms with Gasteiger partial charge in [0.25, 0.3) is 0 Å². The molecular formula is C7H17NSi. The minimum Gasteiger partial charge on any atom is -0.392 e. The Balaban J connectivity index is 4.01. The lowest BCUT2D eigenvalue weighted by Gasteiger charge is -2.06. The molecule has 0 saturated carbocycles. The summed E-state index contributed by atoms with van der Waals surface area (Å²) in [4.78, 5) is 0. The van der Waals surface area contributed by atoms with Gasteiger partial charge in [-0.2, -0.15) is 0 Å². The summed E-state index contributed by atoms with van der Waals surface area (Å²) in [6, 6.07) is 0. The summed E-state index contributed by atoms with van der Waals surface area (Å²) in [5.74, 6) is 0. The zero-order chi connectivity index (χ0) is 7.28. The van der Waals surface area contributed by atoms with Gasteiger partial charge in [-0.3, -0.25) is 0 Å². The van der Waals surface area contributed by atoms with E-state index in [9.17, 15) is 0 Å². The zero-order valence-electron chi connectivity index (χ0n) is 6.91. The minimum absolute atomic E-state index is 1.16. The molecule has 0 radical (unpaired) electrons. The van der Waals surface area contributed by atoms with E-state index < -0.39 is 0 Å². The molecule has 54 valence electrons. The lowest BCUT2D eigenvalue weighted by molar-refractivity contribution is 0.876. The molecule has 0 aromatic carbocycles. The molecule has 1 nitrogen and oxygen atoms in total. The van der Waals surface area contributed by atoms with Gasteiger partial charge in [0, 0.05) is 23.0 Å². The highest BCUT2D eigenvalue weighted by Crippen LogP contribution is 2.03. The molecular weight excluding hydrogens is 126 g/mol. The summed E-state index contributed by atoms with van der Waals surface area (Å²) in [5, 5.41) is 4.83. The van der Waals surface area contributed by atoms with Crippen molar-refractivity contribution in [3.8, 4) is 0 Å². The van der Waals surface area contributed by atoms with E-state index in [1.807, 2.05) is 7.05 Å². The van der Waals surface area contributed by atoms with E-state index in [0.717, 1.165) is 6.42 Å². The van der Waals surface area contributed by atoms with Crippen LogP contribution in [-0.2, 0) is 0 Å². The Labute approximate surface area is 61.0 Å². The lowest BCUT2D eigenvalue weighted by atomic mass is 10.3. The Morgan fingerprint density at radius 1 is 1.33 bits per heavy atom. The lowest BCUT2D eigenvalue weighted by Crippen LogP contribution is -2.08. The molecule has 0 unspecified atom stereocenters. The Hall–Kier alpha value is -0.243. The van der Waals surface area contributed by atoms with Crippen LogP contribution in [0.25, 0.3) is 0 Å². The van der Waals surface area contributed by atoms with Gasteiger partial charge in [0.2, 0.25) is 0 Å². The molecule has 1 N–H and O–H groups in total. The summed E-state index contributed by atoms with van der Waals surface area (Å²) in [5.41, 5.74) is 1.45. The van der Waals surface area contributed by atoms with Crippen LogP contribution in [0.4, 0.5) is 0 Å². The minimum atomic E-state index is 1.16. The van der Waals surface area contributed by atoms with Crippen molar-refractivity contribution in [2.75, 3.05) is 7.05 Å². The van der Waals surface area contributed by atoms with Crippen molar-refractivity contribution in [2.24, 2.45) is 0 Å². The predicted molar refractivity (Wildman–Crippen MR) is 46.6 cm³/mol. The molecule has 0 bridgehead atoms. The first-order chi connectivity index (χ1) is 4.26. The molecule has 0 heterocycles. The van der Waals surface area contributed by atoms with Gasteiger partial charge >= 0.3 is 0 Å². The molecule has 9 heavy (non-hydrogen) atoms. The molecule has 0 saturated heterocycles. The third-order valence-electron chi connectivity index (χ3n) is 1.70. The van der Waals surface area contributed by atoms with Crippen LogP contribution >= 0.6 is 0 Å². The van der Waals surface area contributed by atoms with Crippen molar-refractivity contribution in [1.82, 2.24) is 5.32 Å². The fourth-order valence-corrected chi connectivity index (χ4v) is 1.51. The van der Waals surface area contributed by atoms with E-state index in [0.29, 0.717) is 0 Å². The number of hydrogen-bond acceptors (Lipinski definition) is 1. The van der Waals surface area contributed by atoms with Gasteiger partial charge in [-0.15, -0.1) is 0 Å². The van der Waals surface area contributed by atoms with E-state index in [1.54, 1.807) is 5.20 Å². The van der Waals surface area contributed by atoms with Crippen LogP contribution in [0.3, 0.4) is 0 Å². The van der Waals surface area contributed by atoms with Crippen LogP contribution in [0.2, 0.25) is 0 Å². The van der Waals surface area contributed by atoms with Crippen LogP contribution in [0.1, 0.15) is 26.7 Å². The highest BCUT2D eigenvalue weighted by Gasteiger charge is 1.92. The van der Waals surface area contributed by atoms with Crippen molar-refractivity contribution in [3.63, 3.8) is 0 Å². The second kappa shape index (κ2) is 4.62. The summed E-state index contributed by atoms with van der Waals surface area (Å²) >= 11 is 0.